The lowest BCUT2D eigenvalue weighted by molar-refractivity contribution is -0.131. The van der Waals surface area contributed by atoms with Crippen LogP contribution in [0.15, 0.2) is 24.3 Å². The lowest BCUT2D eigenvalue weighted by Gasteiger charge is -2.26. The molecule has 1 aromatic heterocycles. The molecule has 2 amide bonds. The third kappa shape index (κ3) is 4.32. The molecular formula is C18H21N3O4S. The van der Waals surface area contributed by atoms with Crippen molar-refractivity contribution in [3.05, 3.63) is 40.4 Å². The van der Waals surface area contributed by atoms with Gasteiger partial charge in [-0.05, 0) is 24.6 Å². The van der Waals surface area contributed by atoms with Gasteiger partial charge < -0.3 is 14.4 Å². The molecular weight excluding hydrogens is 354 g/mol. The number of amides is 2. The van der Waals surface area contributed by atoms with E-state index in [-0.39, 0.29) is 5.91 Å². The molecule has 0 unspecified atom stereocenters. The Morgan fingerprint density at radius 1 is 1.31 bits per heavy atom. The van der Waals surface area contributed by atoms with Gasteiger partial charge in [0, 0.05) is 17.8 Å². The van der Waals surface area contributed by atoms with Crippen LogP contribution in [-0.2, 0) is 28.9 Å². The van der Waals surface area contributed by atoms with Gasteiger partial charge in [0.05, 0.1) is 32.4 Å². The molecule has 0 fully saturated rings. The highest BCUT2D eigenvalue weighted by Gasteiger charge is 2.24. The predicted molar refractivity (Wildman–Crippen MR) is 98.6 cm³/mol. The number of carbonyl (C=O) groups excluding carboxylic acids is 2. The molecule has 7 nitrogen and oxygen atoms in total. The van der Waals surface area contributed by atoms with Gasteiger partial charge in [0.2, 0.25) is 5.91 Å². The Labute approximate surface area is 155 Å². The molecule has 2 heterocycles. The topological polar surface area (TPSA) is 80.8 Å². The summed E-state index contributed by atoms with van der Waals surface area (Å²) in [6.07, 6.45) is 0.497. The van der Waals surface area contributed by atoms with Crippen molar-refractivity contribution in [3.8, 4) is 5.75 Å². The van der Waals surface area contributed by atoms with E-state index < -0.39 is 6.09 Å². The number of ether oxygens (including phenoxy) is 2. The van der Waals surface area contributed by atoms with Crippen LogP contribution in [0.2, 0.25) is 0 Å². The Bertz CT molecular complexity index is 788. The molecule has 2 aromatic rings. The second-order valence-electron chi connectivity index (χ2n) is 5.82. The number of carbonyl (C=O) groups is 2. The highest BCUT2D eigenvalue weighted by molar-refractivity contribution is 7.15. The van der Waals surface area contributed by atoms with E-state index >= 15 is 0 Å². The van der Waals surface area contributed by atoms with Crippen LogP contribution in [0.3, 0.4) is 0 Å². The van der Waals surface area contributed by atoms with Crippen LogP contribution in [-0.4, -0.2) is 42.1 Å². The van der Waals surface area contributed by atoms with Crippen LogP contribution in [0.1, 0.15) is 23.1 Å². The quantitative estimate of drug-likeness (QED) is 0.869. The van der Waals surface area contributed by atoms with Crippen LogP contribution in [0.25, 0.3) is 0 Å². The largest absolute Gasteiger partial charge is 0.494 e. The molecule has 1 aliphatic rings. The molecule has 0 saturated carbocycles. The van der Waals surface area contributed by atoms with E-state index in [1.807, 2.05) is 36.1 Å². The number of hydrogen-bond acceptors (Lipinski definition) is 6. The van der Waals surface area contributed by atoms with Crippen LogP contribution < -0.4 is 10.1 Å². The van der Waals surface area contributed by atoms with Crippen LogP contribution >= 0.6 is 11.3 Å². The monoisotopic (exact) mass is 375 g/mol. The summed E-state index contributed by atoms with van der Waals surface area (Å²) in [5, 5.41) is 3.08. The number of rotatable bonds is 5. The summed E-state index contributed by atoms with van der Waals surface area (Å²) in [4.78, 5) is 31.1. The van der Waals surface area contributed by atoms with Gasteiger partial charge in [-0.2, -0.15) is 0 Å². The molecule has 0 aliphatic carbocycles. The van der Waals surface area contributed by atoms with Gasteiger partial charge in [0.25, 0.3) is 0 Å². The molecule has 0 radical (unpaired) electrons. The minimum atomic E-state index is -0.542. The number of hydrogen-bond donors (Lipinski definition) is 1. The first-order chi connectivity index (χ1) is 12.6. The maximum absolute atomic E-state index is 12.6. The highest BCUT2D eigenvalue weighted by Crippen LogP contribution is 2.28. The Balaban J connectivity index is 1.60. The van der Waals surface area contributed by atoms with E-state index in [9.17, 15) is 9.59 Å². The first-order valence-electron chi connectivity index (χ1n) is 8.42. The van der Waals surface area contributed by atoms with Crippen molar-refractivity contribution in [1.29, 1.82) is 0 Å². The molecule has 138 valence electrons. The Morgan fingerprint density at radius 3 is 2.77 bits per heavy atom. The molecule has 8 heteroatoms. The van der Waals surface area contributed by atoms with Crippen molar-refractivity contribution in [2.24, 2.45) is 0 Å². The summed E-state index contributed by atoms with van der Waals surface area (Å²) in [5.41, 5.74) is 1.90. The number of methoxy groups -OCH3 is 1. The second-order valence-corrected chi connectivity index (χ2v) is 6.91. The van der Waals surface area contributed by atoms with Gasteiger partial charge >= 0.3 is 6.09 Å². The zero-order chi connectivity index (χ0) is 18.5. The highest BCUT2D eigenvalue weighted by atomic mass is 32.1. The fourth-order valence-electron chi connectivity index (χ4n) is 2.76. The Morgan fingerprint density at radius 2 is 2.08 bits per heavy atom. The van der Waals surface area contributed by atoms with Crippen molar-refractivity contribution < 1.29 is 19.1 Å². The van der Waals surface area contributed by atoms with Gasteiger partial charge in [0.1, 0.15) is 5.75 Å². The number of nitrogens with zero attached hydrogens (tertiary/aromatic N) is 2. The molecule has 1 aliphatic heterocycles. The first-order valence-corrected chi connectivity index (χ1v) is 9.23. The molecule has 0 atom stereocenters. The van der Waals surface area contributed by atoms with Crippen molar-refractivity contribution in [2.45, 2.75) is 26.3 Å². The minimum absolute atomic E-state index is 0.0793. The Hall–Kier alpha value is -2.61. The molecule has 3 rings (SSSR count). The normalized spacial score (nSPS) is 13.1. The number of benzene rings is 1. The summed E-state index contributed by atoms with van der Waals surface area (Å²) >= 11 is 1.38. The summed E-state index contributed by atoms with van der Waals surface area (Å²) in [7, 11) is 1.31. The SMILES string of the molecule is CCOc1ccc(CC(=O)N2CCc3nc(NC(=O)OC)sc3C2)cc1. The summed E-state index contributed by atoms with van der Waals surface area (Å²) in [6, 6.07) is 7.61. The average molecular weight is 375 g/mol. The van der Waals surface area contributed by atoms with E-state index in [1.165, 1.54) is 18.4 Å². The summed E-state index contributed by atoms with van der Waals surface area (Å²) in [5.74, 6) is 0.886. The zero-order valence-electron chi connectivity index (χ0n) is 14.8. The number of fused-ring (bicyclic) bond motifs is 1. The van der Waals surface area contributed by atoms with Crippen LogP contribution in [0, 0.1) is 0 Å². The Kier molecular flexibility index (Phi) is 5.72. The van der Waals surface area contributed by atoms with Crippen molar-refractivity contribution in [3.63, 3.8) is 0 Å². The van der Waals surface area contributed by atoms with E-state index in [4.69, 9.17) is 4.74 Å². The molecule has 1 N–H and O–H groups in total. The summed E-state index contributed by atoms with van der Waals surface area (Å²) in [6.45, 7) is 3.71. The molecule has 1 aromatic carbocycles. The predicted octanol–water partition coefficient (Wildman–Crippen LogP) is 2.85. The van der Waals surface area contributed by atoms with Crippen molar-refractivity contribution >= 4 is 28.5 Å². The van der Waals surface area contributed by atoms with Crippen molar-refractivity contribution in [2.75, 3.05) is 25.6 Å². The van der Waals surface area contributed by atoms with Gasteiger partial charge in [-0.3, -0.25) is 10.1 Å². The standard InChI is InChI=1S/C18H21N3O4S/c1-3-25-13-6-4-12(5-7-13)10-16(22)21-9-8-14-15(11-21)26-17(19-14)20-18(23)24-2/h4-7H,3,8-11H2,1-2H3,(H,19,20,23). The van der Waals surface area contributed by atoms with E-state index in [0.717, 1.165) is 21.9 Å². The number of anilines is 1. The average Bonchev–Trinajstić information content (AvgIpc) is 3.04. The van der Waals surface area contributed by atoms with Crippen LogP contribution in [0.4, 0.5) is 9.93 Å². The molecule has 26 heavy (non-hydrogen) atoms. The minimum Gasteiger partial charge on any atom is -0.494 e. The second kappa shape index (κ2) is 8.18. The van der Waals surface area contributed by atoms with E-state index in [0.29, 0.717) is 37.7 Å². The van der Waals surface area contributed by atoms with Crippen LogP contribution in [0.5, 0.6) is 5.75 Å². The maximum Gasteiger partial charge on any atom is 0.413 e. The maximum atomic E-state index is 12.6. The fraction of sp³-hybridized carbons (Fsp3) is 0.389. The lowest BCUT2D eigenvalue weighted by atomic mass is 10.1. The number of nitrogens with one attached hydrogen (secondary N) is 1. The van der Waals surface area contributed by atoms with Gasteiger partial charge in [-0.15, -0.1) is 0 Å². The molecule has 0 saturated heterocycles. The third-order valence-electron chi connectivity index (χ3n) is 4.07. The van der Waals surface area contributed by atoms with Gasteiger partial charge in [-0.1, -0.05) is 23.5 Å². The van der Waals surface area contributed by atoms with Crippen molar-refractivity contribution in [1.82, 2.24) is 9.88 Å². The first kappa shape index (κ1) is 18.2. The van der Waals surface area contributed by atoms with Gasteiger partial charge in [-0.25, -0.2) is 9.78 Å². The number of aromatic nitrogens is 1. The number of thiazole rings is 1. The fourth-order valence-corrected chi connectivity index (χ4v) is 3.77. The lowest BCUT2D eigenvalue weighted by Crippen LogP contribution is -2.36. The zero-order valence-corrected chi connectivity index (χ0v) is 15.6. The molecule has 0 spiro atoms. The van der Waals surface area contributed by atoms with Gasteiger partial charge in [0.15, 0.2) is 5.13 Å². The molecule has 0 bridgehead atoms. The van der Waals surface area contributed by atoms with E-state index in [1.54, 1.807) is 0 Å². The smallest absolute Gasteiger partial charge is 0.413 e. The van der Waals surface area contributed by atoms with E-state index in [2.05, 4.69) is 15.0 Å². The third-order valence-corrected chi connectivity index (χ3v) is 5.07. The summed E-state index contributed by atoms with van der Waals surface area (Å²) < 4.78 is 10.00.